The zero-order valence-electron chi connectivity index (χ0n) is 36.3. The van der Waals surface area contributed by atoms with Gasteiger partial charge in [-0.25, -0.2) is 0 Å². The Morgan fingerprint density at radius 1 is 0.565 bits per heavy atom. The van der Waals surface area contributed by atoms with Gasteiger partial charge in [-0.1, -0.05) is 197 Å². The SMILES string of the molecule is C.C.C.C.CC(C)C(=O)C(C)C(CC(C)c1ccccc1)C(=O)O.CC(CC(C(=O)O)C(C)C(=O)C(C)(C)C)c1ccccc1.CC(CC1C(=O)OC(=O)C1C)c1ccccc1. The predicted molar refractivity (Wildman–Crippen MR) is 254 cm³/mol. The Morgan fingerprint density at radius 2 is 0.903 bits per heavy atom. The van der Waals surface area contributed by atoms with E-state index in [0.717, 1.165) is 11.1 Å². The van der Waals surface area contributed by atoms with Crippen LogP contribution in [0.4, 0.5) is 0 Å². The number of carbonyl (C=O) groups is 6. The molecular weight excluding hydrogens is 781 g/mol. The van der Waals surface area contributed by atoms with Gasteiger partial charge >= 0.3 is 23.9 Å². The molecule has 62 heavy (non-hydrogen) atoms. The van der Waals surface area contributed by atoms with Gasteiger partial charge in [0, 0.05) is 23.2 Å². The molecule has 0 aromatic heterocycles. The van der Waals surface area contributed by atoms with E-state index in [9.17, 15) is 39.0 Å². The Morgan fingerprint density at radius 3 is 1.19 bits per heavy atom. The van der Waals surface area contributed by atoms with E-state index in [0.29, 0.717) is 19.3 Å². The van der Waals surface area contributed by atoms with Crippen molar-refractivity contribution in [1.29, 1.82) is 0 Å². The first-order valence-electron chi connectivity index (χ1n) is 20.5. The van der Waals surface area contributed by atoms with Crippen LogP contribution in [-0.4, -0.2) is 45.7 Å². The Hall–Kier alpha value is -4.92. The summed E-state index contributed by atoms with van der Waals surface area (Å²) < 4.78 is 4.64. The maximum absolute atomic E-state index is 12.4. The number of cyclic esters (lactones) is 2. The van der Waals surface area contributed by atoms with E-state index in [1.807, 2.05) is 139 Å². The fourth-order valence-corrected chi connectivity index (χ4v) is 7.46. The zero-order valence-corrected chi connectivity index (χ0v) is 36.3. The van der Waals surface area contributed by atoms with Crippen LogP contribution in [0.5, 0.6) is 0 Å². The van der Waals surface area contributed by atoms with Crippen LogP contribution in [-0.2, 0) is 33.5 Å². The highest BCUT2D eigenvalue weighted by molar-refractivity contribution is 5.96. The van der Waals surface area contributed by atoms with Crippen molar-refractivity contribution in [1.82, 2.24) is 0 Å². The van der Waals surface area contributed by atoms with E-state index in [2.05, 4.69) is 11.7 Å². The van der Waals surface area contributed by atoms with Crippen molar-refractivity contribution in [2.75, 3.05) is 0 Å². The highest BCUT2D eigenvalue weighted by Gasteiger charge is 2.42. The highest BCUT2D eigenvalue weighted by atomic mass is 16.6. The molecule has 0 saturated carbocycles. The van der Waals surface area contributed by atoms with Gasteiger partial charge in [-0.05, 0) is 53.7 Å². The summed E-state index contributed by atoms with van der Waals surface area (Å²) in [5, 5.41) is 18.9. The lowest BCUT2D eigenvalue weighted by Crippen LogP contribution is -2.35. The summed E-state index contributed by atoms with van der Waals surface area (Å²) in [7, 11) is 0. The van der Waals surface area contributed by atoms with Crippen molar-refractivity contribution < 1.29 is 43.7 Å². The molecule has 3 aromatic carbocycles. The Kier molecular flexibility index (Phi) is 28.3. The lowest BCUT2D eigenvalue weighted by atomic mass is 9.75. The summed E-state index contributed by atoms with van der Waals surface area (Å²) in [5.74, 6) is -4.93. The minimum atomic E-state index is -0.886. The van der Waals surface area contributed by atoms with E-state index in [1.165, 1.54) is 5.56 Å². The molecule has 9 nitrogen and oxygen atoms in total. The molecule has 3 aromatic rings. The Labute approximate surface area is 375 Å². The van der Waals surface area contributed by atoms with Gasteiger partial charge in [0.05, 0.1) is 23.7 Å². The molecule has 4 rings (SSSR count). The summed E-state index contributed by atoms with van der Waals surface area (Å²) in [6.45, 7) is 20.5. The molecule has 0 spiro atoms. The van der Waals surface area contributed by atoms with E-state index >= 15 is 0 Å². The van der Waals surface area contributed by atoms with E-state index in [1.54, 1.807) is 20.8 Å². The average Bonchev–Trinajstić information content (AvgIpc) is 3.43. The smallest absolute Gasteiger partial charge is 0.317 e. The number of carboxylic acids is 2. The minimum absolute atomic E-state index is 0. The number of esters is 2. The summed E-state index contributed by atoms with van der Waals surface area (Å²) in [5.41, 5.74) is 2.90. The number of Topliss-reactive ketones (excluding diaryl/α,β-unsaturated/α-hetero) is 2. The first-order chi connectivity index (χ1) is 27.1. The number of ketones is 2. The van der Waals surface area contributed by atoms with E-state index < -0.39 is 41.0 Å². The van der Waals surface area contributed by atoms with Gasteiger partial charge in [-0.3, -0.25) is 28.8 Å². The molecule has 0 bridgehead atoms. The second kappa shape index (κ2) is 28.6. The van der Waals surface area contributed by atoms with Crippen molar-refractivity contribution in [3.8, 4) is 0 Å². The molecule has 1 heterocycles. The molecule has 9 heteroatoms. The van der Waals surface area contributed by atoms with Crippen LogP contribution in [0.3, 0.4) is 0 Å². The summed E-state index contributed by atoms with van der Waals surface area (Å²) >= 11 is 0. The number of hydrogen-bond donors (Lipinski definition) is 2. The maximum atomic E-state index is 12.4. The molecule has 2 N–H and O–H groups in total. The number of rotatable bonds is 16. The molecule has 9 unspecified atom stereocenters. The Balaban J connectivity index is -0.000000819. The second-order valence-electron chi connectivity index (χ2n) is 17.4. The molecule has 0 aliphatic carbocycles. The van der Waals surface area contributed by atoms with Gasteiger partial charge in [0.2, 0.25) is 0 Å². The van der Waals surface area contributed by atoms with E-state index in [-0.39, 0.29) is 88.7 Å². The molecule has 1 saturated heterocycles. The van der Waals surface area contributed by atoms with Crippen LogP contribution in [0.1, 0.15) is 160 Å². The van der Waals surface area contributed by atoms with Gasteiger partial charge in [0.1, 0.15) is 11.6 Å². The molecule has 9 atom stereocenters. The predicted octanol–water partition coefficient (Wildman–Crippen LogP) is 12.9. The average molecular weight is 863 g/mol. The van der Waals surface area contributed by atoms with Crippen molar-refractivity contribution in [2.24, 2.45) is 46.8 Å². The highest BCUT2D eigenvalue weighted by Crippen LogP contribution is 2.34. The van der Waals surface area contributed by atoms with Gasteiger partial charge in [0.25, 0.3) is 0 Å². The lowest BCUT2D eigenvalue weighted by Gasteiger charge is -2.27. The number of carboxylic acid groups (broad SMARTS) is 2. The van der Waals surface area contributed by atoms with Crippen LogP contribution in [0, 0.1) is 46.8 Å². The van der Waals surface area contributed by atoms with E-state index in [4.69, 9.17) is 0 Å². The maximum Gasteiger partial charge on any atom is 0.317 e. The molecule has 348 valence electrons. The molecule has 0 amide bonds. The zero-order chi connectivity index (χ0) is 43.9. The van der Waals surface area contributed by atoms with Gasteiger partial charge in [-0.15, -0.1) is 0 Å². The number of hydrogen-bond acceptors (Lipinski definition) is 7. The van der Waals surface area contributed by atoms with Gasteiger partial charge in [0.15, 0.2) is 0 Å². The molecule has 1 fully saturated rings. The standard InChI is InChI=1S/C18H26O3.C17H24O3.C14H16O3.4CH4/c1-12(14-9-7-6-8-10-14)11-15(17(20)21)13(2)16(19)18(3,4)5;1-11(2)16(18)13(4)15(17(19)20)10-12(3)14-8-6-5-7-9-14;1-9(11-6-4-3-5-7-11)8-12-10(2)13(15)17-14(12)16;;;;/h6-10,12-13,15H,11H2,1-5H3,(H,20,21);5-9,11-13,15H,10H2,1-4H3,(H,19,20);3-7,9-10,12H,8H2,1-2H3;4*1H4. The van der Waals surface area contributed by atoms with Crippen LogP contribution in [0.25, 0.3) is 0 Å². The van der Waals surface area contributed by atoms with Crippen LogP contribution in [0.2, 0.25) is 0 Å². The number of aliphatic carboxylic acids is 2. The van der Waals surface area contributed by atoms with Crippen LogP contribution >= 0.6 is 0 Å². The van der Waals surface area contributed by atoms with Gasteiger partial charge in [-0.2, -0.15) is 0 Å². The largest absolute Gasteiger partial charge is 0.481 e. The van der Waals surface area contributed by atoms with Gasteiger partial charge < -0.3 is 14.9 Å². The third kappa shape index (κ3) is 18.6. The quantitative estimate of drug-likeness (QED) is 0.106. The summed E-state index contributed by atoms with van der Waals surface area (Å²) in [4.78, 5) is 70.3. The monoisotopic (exact) mass is 863 g/mol. The Bertz CT molecular complexity index is 1780. The molecule has 1 aliphatic heterocycles. The van der Waals surface area contributed by atoms with Crippen molar-refractivity contribution >= 4 is 35.4 Å². The summed E-state index contributed by atoms with van der Waals surface area (Å²) in [6.07, 6.45) is 1.62. The van der Waals surface area contributed by atoms with Crippen LogP contribution < -0.4 is 0 Å². The molecular formula is C53H82O9. The number of ether oxygens (including phenoxy) is 1. The number of benzene rings is 3. The minimum Gasteiger partial charge on any atom is -0.481 e. The summed E-state index contributed by atoms with van der Waals surface area (Å²) in [6, 6.07) is 29.7. The first-order valence-corrected chi connectivity index (χ1v) is 20.5. The van der Waals surface area contributed by atoms with Crippen molar-refractivity contribution in [2.45, 2.75) is 143 Å². The number of carbonyl (C=O) groups excluding carboxylic acids is 4. The molecule has 0 radical (unpaired) electrons. The third-order valence-electron chi connectivity index (χ3n) is 11.4. The third-order valence-corrected chi connectivity index (χ3v) is 11.4. The normalized spacial score (nSPS) is 17.5. The molecule has 1 aliphatic rings. The van der Waals surface area contributed by atoms with Crippen molar-refractivity contribution in [3.63, 3.8) is 0 Å². The fourth-order valence-electron chi connectivity index (χ4n) is 7.46. The van der Waals surface area contributed by atoms with Crippen molar-refractivity contribution in [3.05, 3.63) is 108 Å². The topological polar surface area (TPSA) is 152 Å². The van der Waals surface area contributed by atoms with Crippen LogP contribution in [0.15, 0.2) is 91.0 Å². The fraction of sp³-hybridized carbons (Fsp3) is 0.547. The second-order valence-corrected chi connectivity index (χ2v) is 17.4. The first kappa shape index (κ1) is 61.4. The lowest BCUT2D eigenvalue weighted by molar-refractivity contribution is -0.154.